The molecule has 1 aliphatic heterocycles. The minimum absolute atomic E-state index is 0.267. The third-order valence-electron chi connectivity index (χ3n) is 3.41. The van der Waals surface area contributed by atoms with E-state index in [4.69, 9.17) is 10.00 Å². The zero-order valence-electron chi connectivity index (χ0n) is 13.6. The Kier molecular flexibility index (Phi) is 4.55. The van der Waals surface area contributed by atoms with Crippen LogP contribution >= 0.6 is 0 Å². The average molecular weight is 302 g/mol. The predicted molar refractivity (Wildman–Crippen MR) is 83.7 cm³/mol. The highest BCUT2D eigenvalue weighted by atomic mass is 16.6. The second kappa shape index (κ2) is 6.22. The fourth-order valence-corrected chi connectivity index (χ4v) is 2.39. The number of rotatable bonds is 1. The van der Waals surface area contributed by atoms with Crippen molar-refractivity contribution in [3.8, 4) is 6.07 Å². The molecular weight excluding hydrogens is 280 g/mol. The van der Waals surface area contributed by atoms with Crippen LogP contribution in [-0.4, -0.2) is 47.8 Å². The summed E-state index contributed by atoms with van der Waals surface area (Å²) in [5.41, 5.74) is 1.07. The molecule has 0 aliphatic carbocycles. The Labute approximate surface area is 131 Å². The van der Waals surface area contributed by atoms with Crippen molar-refractivity contribution in [2.75, 3.05) is 31.1 Å². The molecule has 0 saturated carbocycles. The Balaban J connectivity index is 1.98. The summed E-state index contributed by atoms with van der Waals surface area (Å²) in [6.07, 6.45) is 1.32. The normalized spacial score (nSPS) is 15.4. The number of ether oxygens (including phenoxy) is 1. The Morgan fingerprint density at radius 2 is 1.95 bits per heavy atom. The van der Waals surface area contributed by atoms with Crippen molar-refractivity contribution < 1.29 is 9.53 Å². The van der Waals surface area contributed by atoms with Gasteiger partial charge in [0.15, 0.2) is 0 Å². The second-order valence-corrected chi connectivity index (χ2v) is 6.43. The Hall–Kier alpha value is -2.29. The van der Waals surface area contributed by atoms with Gasteiger partial charge in [-0.05, 0) is 39.3 Å². The fourth-order valence-electron chi connectivity index (χ4n) is 2.39. The van der Waals surface area contributed by atoms with Crippen molar-refractivity contribution in [1.82, 2.24) is 9.88 Å². The third-order valence-corrected chi connectivity index (χ3v) is 3.41. The van der Waals surface area contributed by atoms with Crippen LogP contribution in [0, 0.1) is 18.3 Å². The highest BCUT2D eigenvalue weighted by Gasteiger charge is 2.26. The summed E-state index contributed by atoms with van der Waals surface area (Å²) in [5.74, 6) is 0.878. The largest absolute Gasteiger partial charge is 0.444 e. The van der Waals surface area contributed by atoms with E-state index in [1.165, 1.54) is 0 Å². The molecule has 2 rings (SSSR count). The van der Waals surface area contributed by atoms with Gasteiger partial charge >= 0.3 is 6.09 Å². The van der Waals surface area contributed by atoms with E-state index in [1.807, 2.05) is 33.8 Å². The molecule has 6 heteroatoms. The molecule has 1 aliphatic rings. The standard InChI is InChI=1S/C16H22N4O2/c1-12-9-13(10-17)11-18-14(12)19-5-7-20(8-6-19)15(21)22-16(2,3)4/h9,11H,5-8H2,1-4H3. The third kappa shape index (κ3) is 3.88. The van der Waals surface area contributed by atoms with E-state index < -0.39 is 5.60 Å². The molecule has 0 aromatic carbocycles. The summed E-state index contributed by atoms with van der Waals surface area (Å²) < 4.78 is 5.39. The number of piperazine rings is 1. The maximum Gasteiger partial charge on any atom is 0.410 e. The number of pyridine rings is 1. The number of carbonyl (C=O) groups is 1. The van der Waals surface area contributed by atoms with Gasteiger partial charge in [-0.3, -0.25) is 0 Å². The average Bonchev–Trinajstić information content (AvgIpc) is 2.45. The monoisotopic (exact) mass is 302 g/mol. The molecule has 22 heavy (non-hydrogen) atoms. The van der Waals surface area contributed by atoms with Crippen LogP contribution < -0.4 is 4.90 Å². The number of carbonyl (C=O) groups excluding carboxylic acids is 1. The molecule has 0 spiro atoms. The van der Waals surface area contributed by atoms with E-state index in [1.54, 1.807) is 11.1 Å². The molecule has 1 aromatic heterocycles. The highest BCUT2D eigenvalue weighted by molar-refractivity contribution is 5.68. The maximum absolute atomic E-state index is 12.0. The Morgan fingerprint density at radius 1 is 1.32 bits per heavy atom. The molecule has 118 valence electrons. The van der Waals surface area contributed by atoms with Crippen LogP contribution in [0.1, 0.15) is 31.9 Å². The van der Waals surface area contributed by atoms with Crippen molar-refractivity contribution in [1.29, 1.82) is 5.26 Å². The number of aryl methyl sites for hydroxylation is 1. The van der Waals surface area contributed by atoms with Gasteiger partial charge in [-0.1, -0.05) is 0 Å². The Bertz CT molecular complexity index is 593. The van der Waals surface area contributed by atoms with E-state index in [0.717, 1.165) is 11.4 Å². The van der Waals surface area contributed by atoms with Gasteiger partial charge in [0.2, 0.25) is 0 Å². The molecule has 2 heterocycles. The van der Waals surface area contributed by atoms with Crippen LogP contribution in [0.2, 0.25) is 0 Å². The highest BCUT2D eigenvalue weighted by Crippen LogP contribution is 2.20. The molecule has 0 atom stereocenters. The predicted octanol–water partition coefficient (Wildman–Crippen LogP) is 2.32. The van der Waals surface area contributed by atoms with Gasteiger partial charge in [0.1, 0.15) is 17.5 Å². The van der Waals surface area contributed by atoms with Gasteiger partial charge in [0.05, 0.1) is 5.56 Å². The van der Waals surface area contributed by atoms with E-state index >= 15 is 0 Å². The van der Waals surface area contributed by atoms with Gasteiger partial charge in [0.25, 0.3) is 0 Å². The van der Waals surface area contributed by atoms with Gasteiger partial charge < -0.3 is 14.5 Å². The number of anilines is 1. The first kappa shape index (κ1) is 16.1. The topological polar surface area (TPSA) is 69.5 Å². The van der Waals surface area contributed by atoms with Gasteiger partial charge in [-0.2, -0.15) is 5.26 Å². The summed E-state index contributed by atoms with van der Waals surface area (Å²) in [5, 5.41) is 8.89. The van der Waals surface area contributed by atoms with Crippen LogP contribution in [0.4, 0.5) is 10.6 Å². The van der Waals surface area contributed by atoms with Gasteiger partial charge in [-0.15, -0.1) is 0 Å². The molecule has 0 bridgehead atoms. The van der Waals surface area contributed by atoms with Crippen LogP contribution in [0.25, 0.3) is 0 Å². The van der Waals surface area contributed by atoms with E-state index in [2.05, 4.69) is 16.0 Å². The van der Waals surface area contributed by atoms with E-state index in [9.17, 15) is 4.79 Å². The zero-order valence-corrected chi connectivity index (χ0v) is 13.6. The van der Waals surface area contributed by atoms with Gasteiger partial charge in [0, 0.05) is 32.4 Å². The quantitative estimate of drug-likeness (QED) is 0.796. The van der Waals surface area contributed by atoms with E-state index in [0.29, 0.717) is 31.7 Å². The molecule has 1 fully saturated rings. The van der Waals surface area contributed by atoms with Crippen molar-refractivity contribution in [3.05, 3.63) is 23.4 Å². The number of amides is 1. The zero-order chi connectivity index (χ0) is 16.3. The van der Waals surface area contributed by atoms with Crippen molar-refractivity contribution in [2.45, 2.75) is 33.3 Å². The Morgan fingerprint density at radius 3 is 2.45 bits per heavy atom. The first-order valence-electron chi connectivity index (χ1n) is 7.40. The number of aromatic nitrogens is 1. The van der Waals surface area contributed by atoms with Crippen LogP contribution in [0.5, 0.6) is 0 Å². The molecule has 1 saturated heterocycles. The summed E-state index contributed by atoms with van der Waals surface area (Å²) in [4.78, 5) is 20.3. The van der Waals surface area contributed by atoms with Crippen molar-refractivity contribution in [3.63, 3.8) is 0 Å². The minimum Gasteiger partial charge on any atom is -0.444 e. The molecule has 0 unspecified atom stereocenters. The second-order valence-electron chi connectivity index (χ2n) is 6.43. The number of nitrogens with zero attached hydrogens (tertiary/aromatic N) is 4. The molecule has 1 amide bonds. The molecule has 6 nitrogen and oxygen atoms in total. The lowest BCUT2D eigenvalue weighted by Gasteiger charge is -2.36. The lowest BCUT2D eigenvalue weighted by atomic mass is 10.2. The van der Waals surface area contributed by atoms with Crippen LogP contribution in [0.3, 0.4) is 0 Å². The number of hydrogen-bond donors (Lipinski definition) is 0. The fraction of sp³-hybridized carbons (Fsp3) is 0.562. The first-order chi connectivity index (χ1) is 10.3. The van der Waals surface area contributed by atoms with Crippen LogP contribution in [0.15, 0.2) is 12.3 Å². The molecule has 1 aromatic rings. The first-order valence-corrected chi connectivity index (χ1v) is 7.40. The van der Waals surface area contributed by atoms with Gasteiger partial charge in [-0.25, -0.2) is 9.78 Å². The summed E-state index contributed by atoms with van der Waals surface area (Å²) in [6, 6.07) is 3.93. The van der Waals surface area contributed by atoms with Crippen LogP contribution in [-0.2, 0) is 4.74 Å². The molecule has 0 N–H and O–H groups in total. The SMILES string of the molecule is Cc1cc(C#N)cnc1N1CCN(C(=O)OC(C)(C)C)CC1. The maximum atomic E-state index is 12.0. The summed E-state index contributed by atoms with van der Waals surface area (Å²) >= 11 is 0. The number of hydrogen-bond acceptors (Lipinski definition) is 5. The molecule has 0 radical (unpaired) electrons. The van der Waals surface area contributed by atoms with Crippen molar-refractivity contribution in [2.24, 2.45) is 0 Å². The summed E-state index contributed by atoms with van der Waals surface area (Å²) in [6.45, 7) is 10.2. The smallest absolute Gasteiger partial charge is 0.410 e. The minimum atomic E-state index is -0.473. The lowest BCUT2D eigenvalue weighted by Crippen LogP contribution is -2.50. The number of nitriles is 1. The van der Waals surface area contributed by atoms with Crippen molar-refractivity contribution >= 4 is 11.9 Å². The molecular formula is C16H22N4O2. The van der Waals surface area contributed by atoms with E-state index in [-0.39, 0.29) is 6.09 Å². The lowest BCUT2D eigenvalue weighted by molar-refractivity contribution is 0.0240. The summed E-state index contributed by atoms with van der Waals surface area (Å²) in [7, 11) is 0.